The van der Waals surface area contributed by atoms with Gasteiger partial charge in [0.2, 0.25) is 0 Å². The molecule has 0 aromatic heterocycles. The highest BCUT2D eigenvalue weighted by molar-refractivity contribution is 5.69. The number of likely N-dealkylation sites (tertiary alicyclic amines) is 1. The number of benzene rings is 1. The van der Waals surface area contributed by atoms with E-state index >= 15 is 0 Å². The number of ether oxygens (including phenoxy) is 1. The van der Waals surface area contributed by atoms with Crippen molar-refractivity contribution in [2.75, 3.05) is 6.54 Å². The van der Waals surface area contributed by atoms with Crippen LogP contribution in [0.1, 0.15) is 45.6 Å². The first kappa shape index (κ1) is 13.9. The number of nitrogens with zero attached hydrogens (tertiary/aromatic N) is 1. The summed E-state index contributed by atoms with van der Waals surface area (Å²) in [7, 11) is 0. The van der Waals surface area contributed by atoms with Crippen LogP contribution in [0.3, 0.4) is 0 Å². The quantitative estimate of drug-likeness (QED) is 0.769. The van der Waals surface area contributed by atoms with E-state index in [-0.39, 0.29) is 12.1 Å². The molecule has 19 heavy (non-hydrogen) atoms. The SMILES string of the molecule is C[C@@H]1C[C@H](c2ccccc2)CN1C(=O)OC(C)(C)C. The van der Waals surface area contributed by atoms with Crippen molar-refractivity contribution < 1.29 is 9.53 Å². The average Bonchev–Trinajstić information content (AvgIpc) is 2.70. The van der Waals surface area contributed by atoms with Crippen molar-refractivity contribution in [1.82, 2.24) is 4.90 Å². The topological polar surface area (TPSA) is 29.5 Å². The van der Waals surface area contributed by atoms with E-state index in [1.807, 2.05) is 31.7 Å². The van der Waals surface area contributed by atoms with Crippen LogP contribution in [0.25, 0.3) is 0 Å². The van der Waals surface area contributed by atoms with Crippen molar-refractivity contribution >= 4 is 6.09 Å². The standard InChI is InChI=1S/C16H23NO2/c1-12-10-14(13-8-6-5-7-9-13)11-17(12)15(18)19-16(2,3)4/h5-9,12,14H,10-11H2,1-4H3/t12-,14+/m1/s1. The number of hydrogen-bond donors (Lipinski definition) is 0. The van der Waals surface area contributed by atoms with Gasteiger partial charge in [-0.2, -0.15) is 0 Å². The molecule has 1 aliphatic rings. The van der Waals surface area contributed by atoms with Crippen molar-refractivity contribution in [3.8, 4) is 0 Å². The molecule has 104 valence electrons. The highest BCUT2D eigenvalue weighted by atomic mass is 16.6. The van der Waals surface area contributed by atoms with Crippen molar-refractivity contribution in [3.05, 3.63) is 35.9 Å². The van der Waals surface area contributed by atoms with Crippen LogP contribution < -0.4 is 0 Å². The second-order valence-corrected chi connectivity index (χ2v) is 6.33. The van der Waals surface area contributed by atoms with Crippen molar-refractivity contribution in [2.24, 2.45) is 0 Å². The zero-order chi connectivity index (χ0) is 14.0. The third-order valence-electron chi connectivity index (χ3n) is 3.47. The monoisotopic (exact) mass is 261 g/mol. The fourth-order valence-electron chi connectivity index (χ4n) is 2.57. The summed E-state index contributed by atoms with van der Waals surface area (Å²) in [4.78, 5) is 14.0. The highest BCUT2D eigenvalue weighted by Crippen LogP contribution is 2.32. The molecule has 1 amide bonds. The molecule has 1 fully saturated rings. The van der Waals surface area contributed by atoms with E-state index in [0.29, 0.717) is 5.92 Å². The molecule has 3 nitrogen and oxygen atoms in total. The Morgan fingerprint density at radius 3 is 2.47 bits per heavy atom. The lowest BCUT2D eigenvalue weighted by Crippen LogP contribution is -2.38. The summed E-state index contributed by atoms with van der Waals surface area (Å²) in [6.07, 6.45) is 0.807. The van der Waals surface area contributed by atoms with Crippen molar-refractivity contribution in [3.63, 3.8) is 0 Å². The first-order chi connectivity index (χ1) is 8.87. The van der Waals surface area contributed by atoms with Crippen LogP contribution >= 0.6 is 0 Å². The Morgan fingerprint density at radius 1 is 1.26 bits per heavy atom. The van der Waals surface area contributed by atoms with E-state index in [1.165, 1.54) is 5.56 Å². The Bertz CT molecular complexity index is 436. The number of hydrogen-bond acceptors (Lipinski definition) is 2. The number of carbonyl (C=O) groups excluding carboxylic acids is 1. The van der Waals surface area contributed by atoms with Gasteiger partial charge in [-0.25, -0.2) is 4.79 Å². The summed E-state index contributed by atoms with van der Waals surface area (Å²) in [5, 5.41) is 0. The molecule has 1 saturated heterocycles. The fraction of sp³-hybridized carbons (Fsp3) is 0.562. The molecule has 3 heteroatoms. The van der Waals surface area contributed by atoms with Gasteiger partial charge in [0.25, 0.3) is 0 Å². The van der Waals surface area contributed by atoms with Gasteiger partial charge in [-0.05, 0) is 39.7 Å². The second-order valence-electron chi connectivity index (χ2n) is 6.33. The van der Waals surface area contributed by atoms with Crippen LogP contribution in [0.15, 0.2) is 30.3 Å². The van der Waals surface area contributed by atoms with Gasteiger partial charge in [0.05, 0.1) is 0 Å². The van der Waals surface area contributed by atoms with E-state index < -0.39 is 5.60 Å². The zero-order valence-electron chi connectivity index (χ0n) is 12.2. The molecule has 0 radical (unpaired) electrons. The molecular weight excluding hydrogens is 238 g/mol. The van der Waals surface area contributed by atoms with E-state index in [4.69, 9.17) is 4.74 Å². The third-order valence-corrected chi connectivity index (χ3v) is 3.47. The van der Waals surface area contributed by atoms with E-state index in [0.717, 1.165) is 13.0 Å². The Labute approximate surface area is 115 Å². The first-order valence-electron chi connectivity index (χ1n) is 6.91. The van der Waals surface area contributed by atoms with Gasteiger partial charge in [0.1, 0.15) is 5.60 Å². The number of rotatable bonds is 1. The van der Waals surface area contributed by atoms with E-state index in [1.54, 1.807) is 0 Å². The van der Waals surface area contributed by atoms with E-state index in [9.17, 15) is 4.79 Å². The molecule has 0 bridgehead atoms. The summed E-state index contributed by atoms with van der Waals surface area (Å²) >= 11 is 0. The molecule has 0 N–H and O–H groups in total. The Kier molecular flexibility index (Phi) is 3.83. The maximum absolute atomic E-state index is 12.2. The normalized spacial score (nSPS) is 23.5. The van der Waals surface area contributed by atoms with Gasteiger partial charge >= 0.3 is 6.09 Å². The smallest absolute Gasteiger partial charge is 0.410 e. The largest absolute Gasteiger partial charge is 0.444 e. The lowest BCUT2D eigenvalue weighted by molar-refractivity contribution is 0.0237. The predicted octanol–water partition coefficient (Wildman–Crippen LogP) is 3.80. The number of amides is 1. The highest BCUT2D eigenvalue weighted by Gasteiger charge is 2.35. The van der Waals surface area contributed by atoms with Gasteiger partial charge in [-0.1, -0.05) is 30.3 Å². The van der Waals surface area contributed by atoms with Crippen LogP contribution in [-0.2, 0) is 4.74 Å². The van der Waals surface area contributed by atoms with Gasteiger partial charge in [-0.15, -0.1) is 0 Å². The van der Waals surface area contributed by atoms with Crippen LogP contribution in [-0.4, -0.2) is 29.2 Å². The summed E-state index contributed by atoms with van der Waals surface area (Å²) in [5.74, 6) is 0.420. The summed E-state index contributed by atoms with van der Waals surface area (Å²) in [5.41, 5.74) is 0.877. The van der Waals surface area contributed by atoms with Crippen LogP contribution in [0, 0.1) is 0 Å². The Hall–Kier alpha value is -1.51. The predicted molar refractivity (Wildman–Crippen MR) is 76.2 cm³/mol. The summed E-state index contributed by atoms with van der Waals surface area (Å²) in [6.45, 7) is 8.55. The molecule has 2 rings (SSSR count). The molecule has 0 saturated carbocycles. The van der Waals surface area contributed by atoms with Crippen molar-refractivity contribution in [2.45, 2.75) is 51.7 Å². The second kappa shape index (κ2) is 5.24. The van der Waals surface area contributed by atoms with Gasteiger partial charge in [-0.3, -0.25) is 0 Å². The molecule has 1 aromatic carbocycles. The van der Waals surface area contributed by atoms with Crippen LogP contribution in [0.5, 0.6) is 0 Å². The minimum absolute atomic E-state index is 0.196. The number of carbonyl (C=O) groups is 1. The summed E-state index contributed by atoms with van der Waals surface area (Å²) < 4.78 is 5.46. The maximum atomic E-state index is 12.2. The maximum Gasteiger partial charge on any atom is 0.410 e. The molecule has 2 atom stereocenters. The van der Waals surface area contributed by atoms with Gasteiger partial charge in [0.15, 0.2) is 0 Å². The molecule has 0 unspecified atom stereocenters. The average molecular weight is 261 g/mol. The first-order valence-corrected chi connectivity index (χ1v) is 6.91. The van der Waals surface area contributed by atoms with Crippen LogP contribution in [0.4, 0.5) is 4.79 Å². The van der Waals surface area contributed by atoms with Crippen molar-refractivity contribution in [1.29, 1.82) is 0 Å². The summed E-state index contributed by atoms with van der Waals surface area (Å²) in [6, 6.07) is 10.6. The van der Waals surface area contributed by atoms with Gasteiger partial charge in [0, 0.05) is 18.5 Å². The minimum Gasteiger partial charge on any atom is -0.444 e. The zero-order valence-corrected chi connectivity index (χ0v) is 12.2. The van der Waals surface area contributed by atoms with Gasteiger partial charge < -0.3 is 9.64 Å². The van der Waals surface area contributed by atoms with E-state index in [2.05, 4.69) is 31.2 Å². The minimum atomic E-state index is -0.429. The Morgan fingerprint density at radius 2 is 1.89 bits per heavy atom. The molecular formula is C16H23NO2. The lowest BCUT2D eigenvalue weighted by Gasteiger charge is -2.27. The third kappa shape index (κ3) is 3.49. The van der Waals surface area contributed by atoms with Crippen LogP contribution in [0.2, 0.25) is 0 Å². The Balaban J connectivity index is 2.04. The molecule has 1 aromatic rings. The molecule has 0 spiro atoms. The fourth-order valence-corrected chi connectivity index (χ4v) is 2.57. The molecule has 1 aliphatic heterocycles. The molecule has 0 aliphatic carbocycles. The lowest BCUT2D eigenvalue weighted by atomic mass is 9.97. The molecule has 1 heterocycles.